The summed E-state index contributed by atoms with van der Waals surface area (Å²) in [4.78, 5) is 2.56. The standard InChI is InChI=1S/C17H27ClN2O/c1-17(2,3)20-10-8-13(9-11-20)19-12-14-15(18)6-5-7-16(14)21-4/h5-7,13,19H,8-12H2,1-4H3. The molecule has 1 aliphatic heterocycles. The van der Waals surface area contributed by atoms with Gasteiger partial charge in [0.25, 0.3) is 0 Å². The van der Waals surface area contributed by atoms with Crippen molar-refractivity contribution in [2.75, 3.05) is 20.2 Å². The fraction of sp³-hybridized carbons (Fsp3) is 0.647. The van der Waals surface area contributed by atoms with E-state index in [2.05, 4.69) is 31.0 Å². The van der Waals surface area contributed by atoms with Crippen LogP contribution in [0.1, 0.15) is 39.2 Å². The highest BCUT2D eigenvalue weighted by atomic mass is 35.5. The van der Waals surface area contributed by atoms with Gasteiger partial charge in [-0.1, -0.05) is 17.7 Å². The molecule has 1 N–H and O–H groups in total. The van der Waals surface area contributed by atoms with E-state index >= 15 is 0 Å². The minimum absolute atomic E-state index is 0.275. The molecule has 2 rings (SSSR count). The lowest BCUT2D eigenvalue weighted by atomic mass is 9.98. The van der Waals surface area contributed by atoms with Gasteiger partial charge in [-0.3, -0.25) is 4.90 Å². The quantitative estimate of drug-likeness (QED) is 0.917. The number of nitrogens with one attached hydrogen (secondary N) is 1. The number of hydrogen-bond donors (Lipinski definition) is 1. The monoisotopic (exact) mass is 310 g/mol. The molecule has 0 amide bonds. The van der Waals surface area contributed by atoms with Crippen LogP contribution in [0.2, 0.25) is 5.02 Å². The van der Waals surface area contributed by atoms with Gasteiger partial charge in [-0.2, -0.15) is 0 Å². The molecule has 0 spiro atoms. The zero-order chi connectivity index (χ0) is 15.5. The summed E-state index contributed by atoms with van der Waals surface area (Å²) in [5.74, 6) is 0.863. The van der Waals surface area contributed by atoms with Gasteiger partial charge in [0.05, 0.1) is 7.11 Å². The van der Waals surface area contributed by atoms with Crippen molar-refractivity contribution in [2.45, 2.75) is 51.7 Å². The van der Waals surface area contributed by atoms with Gasteiger partial charge in [-0.25, -0.2) is 0 Å². The molecule has 0 atom stereocenters. The van der Waals surface area contributed by atoms with Gasteiger partial charge >= 0.3 is 0 Å². The molecule has 118 valence electrons. The summed E-state index contributed by atoms with van der Waals surface area (Å²) in [5, 5.41) is 4.41. The third kappa shape index (κ3) is 4.35. The maximum absolute atomic E-state index is 6.28. The molecular formula is C17H27ClN2O. The molecule has 1 aromatic carbocycles. The fourth-order valence-electron chi connectivity index (χ4n) is 2.90. The first-order valence-electron chi connectivity index (χ1n) is 7.71. The van der Waals surface area contributed by atoms with E-state index in [0.29, 0.717) is 6.04 Å². The van der Waals surface area contributed by atoms with Crippen molar-refractivity contribution in [3.8, 4) is 5.75 Å². The third-order valence-corrected chi connectivity index (χ3v) is 4.66. The van der Waals surface area contributed by atoms with Crippen LogP contribution >= 0.6 is 11.6 Å². The first-order valence-corrected chi connectivity index (χ1v) is 8.09. The first kappa shape index (κ1) is 16.6. The molecule has 3 nitrogen and oxygen atoms in total. The number of methoxy groups -OCH3 is 1. The lowest BCUT2D eigenvalue weighted by Crippen LogP contribution is -2.49. The molecule has 1 aromatic rings. The highest BCUT2D eigenvalue weighted by molar-refractivity contribution is 6.31. The average Bonchev–Trinajstić information content (AvgIpc) is 2.45. The second-order valence-electron chi connectivity index (χ2n) is 6.73. The van der Waals surface area contributed by atoms with Crippen LogP contribution < -0.4 is 10.1 Å². The van der Waals surface area contributed by atoms with Crippen molar-refractivity contribution in [3.63, 3.8) is 0 Å². The number of rotatable bonds is 4. The number of piperidine rings is 1. The Morgan fingerprint density at radius 2 is 1.95 bits per heavy atom. The molecule has 0 aromatic heterocycles. The summed E-state index contributed by atoms with van der Waals surface area (Å²) < 4.78 is 5.40. The van der Waals surface area contributed by atoms with Gasteiger partial charge in [0.1, 0.15) is 5.75 Å². The highest BCUT2D eigenvalue weighted by Crippen LogP contribution is 2.27. The van der Waals surface area contributed by atoms with Crippen LogP contribution in [-0.2, 0) is 6.54 Å². The van der Waals surface area contributed by atoms with E-state index in [1.54, 1.807) is 7.11 Å². The number of ether oxygens (including phenoxy) is 1. The number of halogens is 1. The van der Waals surface area contributed by atoms with E-state index in [1.165, 1.54) is 12.8 Å². The molecule has 4 heteroatoms. The Morgan fingerprint density at radius 3 is 2.52 bits per heavy atom. The second kappa shape index (κ2) is 6.99. The van der Waals surface area contributed by atoms with Crippen LogP contribution in [0.3, 0.4) is 0 Å². The average molecular weight is 311 g/mol. The molecule has 1 fully saturated rings. The molecule has 0 unspecified atom stereocenters. The number of nitrogens with zero attached hydrogens (tertiary/aromatic N) is 1. The van der Waals surface area contributed by atoms with Gasteiger partial charge in [-0.15, -0.1) is 0 Å². The van der Waals surface area contributed by atoms with Crippen LogP contribution in [0.4, 0.5) is 0 Å². The van der Waals surface area contributed by atoms with E-state index in [-0.39, 0.29) is 5.54 Å². The molecule has 0 bridgehead atoms. The first-order chi connectivity index (χ1) is 9.91. The largest absolute Gasteiger partial charge is 0.496 e. The van der Waals surface area contributed by atoms with Crippen molar-refractivity contribution in [1.29, 1.82) is 0 Å². The molecule has 21 heavy (non-hydrogen) atoms. The van der Waals surface area contributed by atoms with Gasteiger partial charge in [-0.05, 0) is 45.7 Å². The van der Waals surface area contributed by atoms with Crippen LogP contribution in [0.15, 0.2) is 18.2 Å². The molecule has 1 aliphatic rings. The molecule has 0 aliphatic carbocycles. The van der Waals surface area contributed by atoms with Crippen LogP contribution in [-0.4, -0.2) is 36.7 Å². The highest BCUT2D eigenvalue weighted by Gasteiger charge is 2.26. The minimum Gasteiger partial charge on any atom is -0.496 e. The fourth-order valence-corrected chi connectivity index (χ4v) is 3.14. The number of likely N-dealkylation sites (tertiary alicyclic amines) is 1. The summed E-state index contributed by atoms with van der Waals surface area (Å²) >= 11 is 6.28. The van der Waals surface area contributed by atoms with E-state index in [0.717, 1.165) is 36.0 Å². The lowest BCUT2D eigenvalue weighted by molar-refractivity contribution is 0.0960. The molecule has 0 radical (unpaired) electrons. The Hall–Kier alpha value is -0.770. The normalized spacial score (nSPS) is 18.0. The van der Waals surface area contributed by atoms with Crippen molar-refractivity contribution in [3.05, 3.63) is 28.8 Å². The van der Waals surface area contributed by atoms with Crippen LogP contribution in [0.25, 0.3) is 0 Å². The molecule has 1 heterocycles. The van der Waals surface area contributed by atoms with E-state index < -0.39 is 0 Å². The number of benzene rings is 1. The van der Waals surface area contributed by atoms with Crippen LogP contribution in [0, 0.1) is 0 Å². The zero-order valence-corrected chi connectivity index (χ0v) is 14.3. The third-order valence-electron chi connectivity index (χ3n) is 4.31. The number of hydrogen-bond acceptors (Lipinski definition) is 3. The smallest absolute Gasteiger partial charge is 0.124 e. The van der Waals surface area contributed by atoms with Gasteiger partial charge in [0.2, 0.25) is 0 Å². The Bertz CT molecular complexity index is 462. The molecular weight excluding hydrogens is 284 g/mol. The Balaban J connectivity index is 1.88. The van der Waals surface area contributed by atoms with Gasteiger partial charge in [0.15, 0.2) is 0 Å². The SMILES string of the molecule is COc1cccc(Cl)c1CNC1CCN(C(C)(C)C)CC1. The zero-order valence-electron chi connectivity index (χ0n) is 13.6. The van der Waals surface area contributed by atoms with E-state index in [4.69, 9.17) is 16.3 Å². The Labute approximate surface area is 133 Å². The summed E-state index contributed by atoms with van der Waals surface area (Å²) in [5.41, 5.74) is 1.33. The summed E-state index contributed by atoms with van der Waals surface area (Å²) in [7, 11) is 1.69. The second-order valence-corrected chi connectivity index (χ2v) is 7.14. The maximum atomic E-state index is 6.28. The predicted molar refractivity (Wildman–Crippen MR) is 89.2 cm³/mol. The van der Waals surface area contributed by atoms with Gasteiger partial charge in [0, 0.05) is 41.8 Å². The molecule has 0 saturated carbocycles. The van der Waals surface area contributed by atoms with Gasteiger partial charge < -0.3 is 10.1 Å². The summed E-state index contributed by atoms with van der Waals surface area (Å²) in [6, 6.07) is 6.37. The van der Waals surface area contributed by atoms with Crippen molar-refractivity contribution in [2.24, 2.45) is 0 Å². The molecule has 1 saturated heterocycles. The maximum Gasteiger partial charge on any atom is 0.124 e. The lowest BCUT2D eigenvalue weighted by Gasteiger charge is -2.41. The topological polar surface area (TPSA) is 24.5 Å². The Morgan fingerprint density at radius 1 is 1.29 bits per heavy atom. The predicted octanol–water partition coefficient (Wildman–Crippen LogP) is 3.70. The van der Waals surface area contributed by atoms with E-state index in [1.807, 2.05) is 18.2 Å². The summed E-state index contributed by atoms with van der Waals surface area (Å²) in [6.07, 6.45) is 2.37. The van der Waals surface area contributed by atoms with Crippen molar-refractivity contribution >= 4 is 11.6 Å². The van der Waals surface area contributed by atoms with Crippen molar-refractivity contribution < 1.29 is 4.74 Å². The summed E-state index contributed by atoms with van der Waals surface area (Å²) in [6.45, 7) is 9.94. The Kier molecular flexibility index (Phi) is 5.53. The van der Waals surface area contributed by atoms with Crippen LogP contribution in [0.5, 0.6) is 5.75 Å². The minimum atomic E-state index is 0.275. The van der Waals surface area contributed by atoms with E-state index in [9.17, 15) is 0 Å². The van der Waals surface area contributed by atoms with Crippen molar-refractivity contribution in [1.82, 2.24) is 10.2 Å².